The maximum absolute atomic E-state index is 13.5. The zero-order chi connectivity index (χ0) is 24.5. The van der Waals surface area contributed by atoms with Crippen LogP contribution in [0.15, 0.2) is 120 Å². The van der Waals surface area contributed by atoms with E-state index in [1.165, 1.54) is 15.3 Å². The van der Waals surface area contributed by atoms with Gasteiger partial charge < -0.3 is 4.74 Å². The first-order chi connectivity index (χ1) is 17.6. The maximum atomic E-state index is 13.5. The lowest BCUT2D eigenvalue weighted by Crippen LogP contribution is -2.12. The van der Waals surface area contributed by atoms with Crippen molar-refractivity contribution in [3.8, 4) is 33.1 Å². The molecule has 176 valence electrons. The third kappa shape index (κ3) is 3.96. The molecule has 3 heterocycles. The minimum absolute atomic E-state index is 0.199. The average Bonchev–Trinajstić information content (AvgIpc) is 3.58. The molecule has 0 saturated carbocycles. The van der Waals surface area contributed by atoms with Crippen molar-refractivity contribution in [2.75, 3.05) is 0 Å². The van der Waals surface area contributed by atoms with Gasteiger partial charge in [0.2, 0.25) is 0 Å². The second-order valence-electron chi connectivity index (χ2n) is 8.03. The SMILES string of the molecule is O=S(=O)(c1ccccc1)n1cc(-c2cncs2)c2cc(-c3ccccc3Oc3ccccc3)cnc21. The van der Waals surface area contributed by atoms with E-state index < -0.39 is 10.0 Å². The molecule has 6 aromatic rings. The summed E-state index contributed by atoms with van der Waals surface area (Å²) in [6.45, 7) is 0. The Morgan fingerprint density at radius 3 is 2.28 bits per heavy atom. The van der Waals surface area contributed by atoms with Crippen molar-refractivity contribution in [1.82, 2.24) is 13.9 Å². The van der Waals surface area contributed by atoms with E-state index >= 15 is 0 Å². The molecule has 0 spiro atoms. The highest BCUT2D eigenvalue weighted by molar-refractivity contribution is 7.90. The van der Waals surface area contributed by atoms with Crippen LogP contribution in [0.1, 0.15) is 0 Å². The Hall–Kier alpha value is -4.27. The molecule has 36 heavy (non-hydrogen) atoms. The van der Waals surface area contributed by atoms with Crippen molar-refractivity contribution in [2.45, 2.75) is 4.90 Å². The van der Waals surface area contributed by atoms with Crippen molar-refractivity contribution >= 4 is 32.4 Å². The van der Waals surface area contributed by atoms with E-state index in [1.54, 1.807) is 54.4 Å². The maximum Gasteiger partial charge on any atom is 0.269 e. The van der Waals surface area contributed by atoms with Gasteiger partial charge in [-0.2, -0.15) is 0 Å². The summed E-state index contributed by atoms with van der Waals surface area (Å²) in [5, 5.41) is 0.714. The quantitative estimate of drug-likeness (QED) is 0.245. The molecular weight excluding hydrogens is 490 g/mol. The number of nitrogens with zero attached hydrogens (tertiary/aromatic N) is 3. The predicted octanol–water partition coefficient (Wildman–Crippen LogP) is 6.86. The van der Waals surface area contributed by atoms with Crippen LogP contribution in [0.2, 0.25) is 0 Å². The number of rotatable bonds is 6. The molecule has 0 atom stereocenters. The number of fused-ring (bicyclic) bond motifs is 1. The zero-order valence-electron chi connectivity index (χ0n) is 18.9. The van der Waals surface area contributed by atoms with Crippen LogP contribution < -0.4 is 4.74 Å². The Balaban J connectivity index is 1.53. The normalized spacial score (nSPS) is 11.6. The van der Waals surface area contributed by atoms with Crippen LogP contribution in [0.4, 0.5) is 0 Å². The third-order valence-corrected chi connectivity index (χ3v) is 8.25. The summed E-state index contributed by atoms with van der Waals surface area (Å²) < 4.78 is 34.5. The van der Waals surface area contributed by atoms with Gasteiger partial charge in [-0.15, -0.1) is 11.3 Å². The molecule has 0 aliphatic rings. The van der Waals surface area contributed by atoms with Crippen LogP contribution in [0.3, 0.4) is 0 Å². The summed E-state index contributed by atoms with van der Waals surface area (Å²) in [6.07, 6.45) is 5.05. The average molecular weight is 510 g/mol. The van der Waals surface area contributed by atoms with Crippen LogP contribution >= 0.6 is 11.3 Å². The number of para-hydroxylation sites is 2. The van der Waals surface area contributed by atoms with E-state index in [1.807, 2.05) is 60.7 Å². The molecule has 0 N–H and O–H groups in total. The number of pyridine rings is 1. The molecule has 0 saturated heterocycles. The molecule has 8 heteroatoms. The van der Waals surface area contributed by atoms with Crippen LogP contribution in [-0.2, 0) is 10.0 Å². The predicted molar refractivity (Wildman–Crippen MR) is 142 cm³/mol. The van der Waals surface area contributed by atoms with Crippen molar-refractivity contribution in [2.24, 2.45) is 0 Å². The monoisotopic (exact) mass is 509 g/mol. The standard InChI is InChI=1S/C28H19N3O3S2/c32-36(33,22-11-5-2-6-12-22)31-18-25(27-17-29-19-35-27)24-15-20(16-30-28(24)31)23-13-7-8-14-26(23)34-21-9-3-1-4-10-21/h1-19H. The molecule has 0 amide bonds. The first-order valence-corrected chi connectivity index (χ1v) is 13.5. The largest absolute Gasteiger partial charge is 0.457 e. The molecule has 3 aromatic carbocycles. The smallest absolute Gasteiger partial charge is 0.269 e. The fourth-order valence-corrected chi connectivity index (χ4v) is 6.06. The van der Waals surface area contributed by atoms with Crippen molar-refractivity contribution in [3.05, 3.63) is 115 Å². The lowest BCUT2D eigenvalue weighted by molar-refractivity contribution is 0.484. The second-order valence-corrected chi connectivity index (χ2v) is 10.7. The van der Waals surface area contributed by atoms with Gasteiger partial charge in [0.1, 0.15) is 11.5 Å². The Labute approximate surface area is 212 Å². The molecule has 0 fully saturated rings. The summed E-state index contributed by atoms with van der Waals surface area (Å²) in [4.78, 5) is 9.89. The van der Waals surface area contributed by atoms with Gasteiger partial charge in [0, 0.05) is 40.7 Å². The third-order valence-electron chi connectivity index (χ3n) is 5.78. The minimum Gasteiger partial charge on any atom is -0.457 e. The van der Waals surface area contributed by atoms with Gasteiger partial charge in [-0.1, -0.05) is 54.6 Å². The van der Waals surface area contributed by atoms with E-state index in [9.17, 15) is 8.42 Å². The molecule has 0 aliphatic carbocycles. The Bertz CT molecular complexity index is 1760. The fourth-order valence-electron chi connectivity index (χ4n) is 4.07. The number of benzene rings is 3. The minimum atomic E-state index is -3.85. The molecule has 6 rings (SSSR count). The first-order valence-electron chi connectivity index (χ1n) is 11.1. The Kier molecular flexibility index (Phi) is 5.59. The van der Waals surface area contributed by atoms with Crippen molar-refractivity contribution in [3.63, 3.8) is 0 Å². The number of ether oxygens (including phenoxy) is 1. The van der Waals surface area contributed by atoms with Gasteiger partial charge in [-0.05, 0) is 36.4 Å². The summed E-state index contributed by atoms with van der Waals surface area (Å²) in [5.74, 6) is 1.41. The lowest BCUT2D eigenvalue weighted by atomic mass is 10.0. The summed E-state index contributed by atoms with van der Waals surface area (Å²) in [5.41, 5.74) is 4.50. The number of hydrogen-bond donors (Lipinski definition) is 0. The number of thiazole rings is 1. The van der Waals surface area contributed by atoms with Gasteiger partial charge in [0.05, 0.1) is 15.3 Å². The van der Waals surface area contributed by atoms with Crippen LogP contribution in [-0.4, -0.2) is 22.4 Å². The van der Waals surface area contributed by atoms with Crippen molar-refractivity contribution < 1.29 is 13.2 Å². The lowest BCUT2D eigenvalue weighted by Gasteiger charge is -2.12. The highest BCUT2D eigenvalue weighted by Gasteiger charge is 2.24. The van der Waals surface area contributed by atoms with Gasteiger partial charge >= 0.3 is 0 Å². The van der Waals surface area contributed by atoms with E-state index in [0.717, 1.165) is 27.3 Å². The molecule has 3 aromatic heterocycles. The summed E-state index contributed by atoms with van der Waals surface area (Å²) >= 11 is 1.45. The van der Waals surface area contributed by atoms with Crippen LogP contribution in [0, 0.1) is 0 Å². The van der Waals surface area contributed by atoms with Crippen molar-refractivity contribution in [1.29, 1.82) is 0 Å². The van der Waals surface area contributed by atoms with Gasteiger partial charge in [0.25, 0.3) is 10.0 Å². The molecule has 0 bridgehead atoms. The Morgan fingerprint density at radius 1 is 0.806 bits per heavy atom. The highest BCUT2D eigenvalue weighted by Crippen LogP contribution is 2.38. The van der Waals surface area contributed by atoms with Gasteiger partial charge in [-0.3, -0.25) is 4.98 Å². The van der Waals surface area contributed by atoms with Gasteiger partial charge in [0.15, 0.2) is 5.65 Å². The zero-order valence-corrected chi connectivity index (χ0v) is 20.5. The molecule has 0 aliphatic heterocycles. The van der Waals surface area contributed by atoms with E-state index in [4.69, 9.17) is 4.74 Å². The topological polar surface area (TPSA) is 74.1 Å². The second kappa shape index (κ2) is 9.07. The van der Waals surface area contributed by atoms with E-state index in [-0.39, 0.29) is 4.90 Å². The van der Waals surface area contributed by atoms with E-state index in [0.29, 0.717) is 16.8 Å². The fraction of sp³-hybridized carbons (Fsp3) is 0. The van der Waals surface area contributed by atoms with Crippen LogP contribution in [0.25, 0.3) is 32.6 Å². The molecular formula is C28H19N3O3S2. The van der Waals surface area contributed by atoms with E-state index in [2.05, 4.69) is 9.97 Å². The number of hydrogen-bond acceptors (Lipinski definition) is 6. The number of aromatic nitrogens is 3. The first kappa shape index (κ1) is 22.2. The van der Waals surface area contributed by atoms with Crippen LogP contribution in [0.5, 0.6) is 11.5 Å². The van der Waals surface area contributed by atoms with Gasteiger partial charge in [-0.25, -0.2) is 17.4 Å². The molecule has 0 unspecified atom stereocenters. The Morgan fingerprint density at radius 2 is 1.53 bits per heavy atom. The summed E-state index contributed by atoms with van der Waals surface area (Å²) in [6, 6.07) is 27.6. The summed E-state index contributed by atoms with van der Waals surface area (Å²) in [7, 11) is -3.85. The molecule has 0 radical (unpaired) electrons. The molecule has 6 nitrogen and oxygen atoms in total. The highest BCUT2D eigenvalue weighted by atomic mass is 32.2.